The zero-order chi connectivity index (χ0) is 12.3. The molecule has 90 valence electrons. The number of rotatable bonds is 1. The zero-order valence-corrected chi connectivity index (χ0v) is 11.8. The maximum absolute atomic E-state index is 4.09. The van der Waals surface area contributed by atoms with E-state index in [1.54, 1.807) is 0 Å². The summed E-state index contributed by atoms with van der Waals surface area (Å²) in [4.78, 5) is 2.36. The molecule has 0 aromatic carbocycles. The Morgan fingerprint density at radius 3 is 2.59 bits per heavy atom. The Labute approximate surface area is 104 Å². The van der Waals surface area contributed by atoms with Gasteiger partial charge < -0.3 is 4.90 Å². The quantitative estimate of drug-likeness (QED) is 0.561. The summed E-state index contributed by atoms with van der Waals surface area (Å²) in [5.41, 5.74) is 5.29. The van der Waals surface area contributed by atoms with Crippen molar-refractivity contribution in [2.75, 3.05) is 18.0 Å². The molecular weight excluding hydrogens is 226 g/mol. The van der Waals surface area contributed by atoms with Crippen LogP contribution in [0.4, 0.5) is 5.69 Å². The van der Waals surface area contributed by atoms with Crippen molar-refractivity contribution in [3.05, 3.63) is 18.0 Å². The van der Waals surface area contributed by atoms with Gasteiger partial charge in [-0.05, 0) is 18.9 Å². The minimum absolute atomic E-state index is 0.803. The van der Waals surface area contributed by atoms with Gasteiger partial charge >= 0.3 is 0 Å². The van der Waals surface area contributed by atoms with Gasteiger partial charge in [-0.1, -0.05) is 25.6 Å². The average molecular weight is 245 g/mol. The van der Waals surface area contributed by atoms with Crippen molar-refractivity contribution in [1.29, 1.82) is 0 Å². The molecule has 2 heterocycles. The molecule has 3 nitrogen and oxygen atoms in total. The molecule has 1 aromatic heterocycles. The van der Waals surface area contributed by atoms with E-state index in [-0.39, 0.29) is 0 Å². The van der Waals surface area contributed by atoms with E-state index in [1.807, 2.05) is 6.20 Å². The van der Waals surface area contributed by atoms with Crippen LogP contribution in [0.15, 0.2) is 12.3 Å². The maximum Gasteiger partial charge on any atom is 0.137 e. The Morgan fingerprint density at radius 2 is 1.94 bits per heavy atom. The van der Waals surface area contributed by atoms with Crippen LogP contribution in [-0.2, 0) is 0 Å². The smallest absolute Gasteiger partial charge is 0.137 e. The normalized spacial score (nSPS) is 15.6. The minimum atomic E-state index is -1.33. The van der Waals surface area contributed by atoms with E-state index in [4.69, 9.17) is 0 Å². The third-order valence-electron chi connectivity index (χ3n) is 2.68. The SMILES string of the molecule is C[Si](C)(C)C#Cc1cc(N2CCCC2)cnn1. The molecule has 0 saturated carbocycles. The summed E-state index contributed by atoms with van der Waals surface area (Å²) in [7, 11) is -1.33. The summed E-state index contributed by atoms with van der Waals surface area (Å²) in [6.07, 6.45) is 4.39. The van der Waals surface area contributed by atoms with Gasteiger partial charge in [0.05, 0.1) is 11.9 Å². The first-order valence-electron chi connectivity index (χ1n) is 6.15. The summed E-state index contributed by atoms with van der Waals surface area (Å²) in [6.45, 7) is 8.96. The molecule has 0 atom stereocenters. The topological polar surface area (TPSA) is 29.0 Å². The Hall–Kier alpha value is -1.34. The van der Waals surface area contributed by atoms with E-state index in [0.29, 0.717) is 0 Å². The highest BCUT2D eigenvalue weighted by molar-refractivity contribution is 6.83. The van der Waals surface area contributed by atoms with Crippen LogP contribution in [0.5, 0.6) is 0 Å². The molecule has 4 heteroatoms. The second kappa shape index (κ2) is 4.88. The average Bonchev–Trinajstić information content (AvgIpc) is 2.79. The second-order valence-electron chi connectivity index (χ2n) is 5.49. The molecule has 1 aromatic rings. The van der Waals surface area contributed by atoms with Crippen LogP contribution in [0, 0.1) is 11.5 Å². The van der Waals surface area contributed by atoms with E-state index in [9.17, 15) is 0 Å². The van der Waals surface area contributed by atoms with Crippen molar-refractivity contribution >= 4 is 13.8 Å². The lowest BCUT2D eigenvalue weighted by Crippen LogP contribution is -2.18. The van der Waals surface area contributed by atoms with Gasteiger partial charge in [-0.15, -0.1) is 10.6 Å². The molecule has 0 spiro atoms. The van der Waals surface area contributed by atoms with Gasteiger partial charge in [0, 0.05) is 13.1 Å². The van der Waals surface area contributed by atoms with Crippen LogP contribution in [0.25, 0.3) is 0 Å². The highest BCUT2D eigenvalue weighted by Gasteiger charge is 2.13. The van der Waals surface area contributed by atoms with Gasteiger partial charge in [-0.25, -0.2) is 0 Å². The fourth-order valence-electron chi connectivity index (χ4n) is 1.82. The second-order valence-corrected chi connectivity index (χ2v) is 10.2. The Balaban J connectivity index is 2.18. The minimum Gasteiger partial charge on any atom is -0.370 e. The number of aromatic nitrogens is 2. The lowest BCUT2D eigenvalue weighted by Gasteiger charge is -2.16. The molecule has 0 amide bonds. The molecule has 1 fully saturated rings. The molecule has 1 saturated heterocycles. The third kappa shape index (κ3) is 3.57. The summed E-state index contributed by atoms with van der Waals surface area (Å²) >= 11 is 0. The van der Waals surface area contributed by atoms with Gasteiger partial charge in [-0.3, -0.25) is 0 Å². The third-order valence-corrected chi connectivity index (χ3v) is 3.55. The first-order chi connectivity index (χ1) is 8.04. The number of nitrogens with zero attached hydrogens (tertiary/aromatic N) is 3. The van der Waals surface area contributed by atoms with E-state index in [0.717, 1.165) is 24.5 Å². The zero-order valence-electron chi connectivity index (χ0n) is 10.8. The largest absolute Gasteiger partial charge is 0.370 e. The van der Waals surface area contributed by atoms with E-state index >= 15 is 0 Å². The Bertz CT molecular complexity index is 448. The highest BCUT2D eigenvalue weighted by atomic mass is 28.3. The molecule has 0 unspecified atom stereocenters. The van der Waals surface area contributed by atoms with Gasteiger partial charge in [-0.2, -0.15) is 5.10 Å². The predicted molar refractivity (Wildman–Crippen MR) is 73.7 cm³/mol. The molecule has 0 aliphatic carbocycles. The van der Waals surface area contributed by atoms with Crippen molar-refractivity contribution in [3.8, 4) is 11.5 Å². The van der Waals surface area contributed by atoms with Crippen LogP contribution in [0.2, 0.25) is 19.6 Å². The van der Waals surface area contributed by atoms with Gasteiger partial charge in [0.25, 0.3) is 0 Å². The standard InChI is InChI=1S/C13H19N3Si/c1-17(2,3)9-6-12-10-13(11-14-15-12)16-7-4-5-8-16/h10-11H,4-5,7-8H2,1-3H3. The van der Waals surface area contributed by atoms with Crippen LogP contribution in [-0.4, -0.2) is 31.4 Å². The van der Waals surface area contributed by atoms with Gasteiger partial charge in [0.2, 0.25) is 0 Å². The van der Waals surface area contributed by atoms with E-state index in [2.05, 4.69) is 52.3 Å². The lowest BCUT2D eigenvalue weighted by molar-refractivity contribution is 0.931. The van der Waals surface area contributed by atoms with E-state index in [1.165, 1.54) is 12.8 Å². The van der Waals surface area contributed by atoms with Crippen molar-refractivity contribution in [2.45, 2.75) is 32.5 Å². The molecule has 1 aliphatic rings. The van der Waals surface area contributed by atoms with E-state index < -0.39 is 8.07 Å². The summed E-state index contributed by atoms with van der Waals surface area (Å²) < 4.78 is 0. The fourth-order valence-corrected chi connectivity index (χ4v) is 2.32. The summed E-state index contributed by atoms with van der Waals surface area (Å²) in [5, 5.41) is 8.14. The van der Waals surface area contributed by atoms with Crippen molar-refractivity contribution in [2.24, 2.45) is 0 Å². The van der Waals surface area contributed by atoms with Crippen LogP contribution >= 0.6 is 0 Å². The summed E-state index contributed by atoms with van der Waals surface area (Å²) in [6, 6.07) is 2.06. The molecule has 17 heavy (non-hydrogen) atoms. The van der Waals surface area contributed by atoms with Crippen LogP contribution in [0.1, 0.15) is 18.5 Å². The number of anilines is 1. The monoisotopic (exact) mass is 245 g/mol. The van der Waals surface area contributed by atoms with Gasteiger partial charge in [0.1, 0.15) is 13.8 Å². The van der Waals surface area contributed by atoms with Crippen LogP contribution < -0.4 is 4.90 Å². The van der Waals surface area contributed by atoms with Crippen LogP contribution in [0.3, 0.4) is 0 Å². The highest BCUT2D eigenvalue weighted by Crippen LogP contribution is 2.18. The molecular formula is C13H19N3Si. The molecule has 0 bridgehead atoms. The first kappa shape index (κ1) is 12.1. The van der Waals surface area contributed by atoms with Crippen molar-refractivity contribution in [3.63, 3.8) is 0 Å². The lowest BCUT2D eigenvalue weighted by atomic mass is 10.3. The number of hydrogen-bond acceptors (Lipinski definition) is 3. The summed E-state index contributed by atoms with van der Waals surface area (Å²) in [5.74, 6) is 3.16. The Kier molecular flexibility index (Phi) is 3.48. The number of hydrogen-bond donors (Lipinski definition) is 0. The molecule has 2 rings (SSSR count). The first-order valence-corrected chi connectivity index (χ1v) is 9.65. The van der Waals surface area contributed by atoms with Crippen molar-refractivity contribution < 1.29 is 0 Å². The van der Waals surface area contributed by atoms with Crippen molar-refractivity contribution in [1.82, 2.24) is 10.2 Å². The maximum atomic E-state index is 4.09. The fraction of sp³-hybridized carbons (Fsp3) is 0.538. The molecule has 0 radical (unpaired) electrons. The molecule has 0 N–H and O–H groups in total. The Morgan fingerprint density at radius 1 is 1.24 bits per heavy atom. The van der Waals surface area contributed by atoms with Gasteiger partial charge in [0.15, 0.2) is 0 Å². The molecule has 1 aliphatic heterocycles. The predicted octanol–water partition coefficient (Wildman–Crippen LogP) is 2.31.